The molecular formula is C24H21N3O2S. The number of para-hydroxylation sites is 1. The number of carbonyl (C=O) groups excluding carboxylic acids is 1. The quantitative estimate of drug-likeness (QED) is 0.387. The third-order valence-electron chi connectivity index (χ3n) is 5.10. The van der Waals surface area contributed by atoms with Gasteiger partial charge in [-0.2, -0.15) is 0 Å². The number of amides is 1. The van der Waals surface area contributed by atoms with E-state index in [1.165, 1.54) is 17.3 Å². The number of carbonyl (C=O) groups is 1. The summed E-state index contributed by atoms with van der Waals surface area (Å²) in [7, 11) is 0. The molecular weight excluding hydrogens is 394 g/mol. The van der Waals surface area contributed by atoms with Crippen LogP contribution in [0.25, 0.3) is 16.6 Å². The molecule has 1 aromatic heterocycles. The van der Waals surface area contributed by atoms with E-state index >= 15 is 0 Å². The number of aromatic nitrogens is 2. The maximum Gasteiger partial charge on any atom is 0.266 e. The Hall–Kier alpha value is -3.38. The van der Waals surface area contributed by atoms with Gasteiger partial charge in [0.2, 0.25) is 5.91 Å². The average molecular weight is 416 g/mol. The molecule has 0 aliphatic rings. The van der Waals surface area contributed by atoms with E-state index in [1.54, 1.807) is 22.8 Å². The standard InChI is InChI=1S/C24H21N3O2S/c1-15-7-12-19(13-16(15)2)27-23(29)20-5-3-4-6-21(20)26-24(27)30-14-17-8-10-18(11-9-17)22(25)28/h3-13H,14H2,1-2H3,(H2,25,28). The smallest absolute Gasteiger partial charge is 0.266 e. The Kier molecular flexibility index (Phi) is 5.42. The van der Waals surface area contributed by atoms with Crippen LogP contribution in [0.2, 0.25) is 0 Å². The molecule has 0 bridgehead atoms. The van der Waals surface area contributed by atoms with Gasteiger partial charge in [0, 0.05) is 11.3 Å². The number of primary amides is 1. The van der Waals surface area contributed by atoms with Crippen LogP contribution < -0.4 is 11.3 Å². The SMILES string of the molecule is Cc1ccc(-n2c(SCc3ccc(C(N)=O)cc3)nc3ccccc3c2=O)cc1C. The number of hydrogen-bond donors (Lipinski definition) is 1. The first-order valence-corrected chi connectivity index (χ1v) is 10.5. The van der Waals surface area contributed by atoms with Crippen molar-refractivity contribution >= 4 is 28.6 Å². The van der Waals surface area contributed by atoms with Crippen molar-refractivity contribution in [3.05, 3.63) is 99.3 Å². The summed E-state index contributed by atoms with van der Waals surface area (Å²) in [6.07, 6.45) is 0. The van der Waals surface area contributed by atoms with Crippen LogP contribution in [0.15, 0.2) is 76.7 Å². The van der Waals surface area contributed by atoms with E-state index in [0.717, 1.165) is 16.8 Å². The normalized spacial score (nSPS) is 11.0. The van der Waals surface area contributed by atoms with Gasteiger partial charge in [0.05, 0.1) is 16.6 Å². The molecule has 1 heterocycles. The van der Waals surface area contributed by atoms with Gasteiger partial charge in [-0.05, 0) is 66.9 Å². The van der Waals surface area contributed by atoms with Crippen molar-refractivity contribution in [1.29, 1.82) is 0 Å². The molecule has 3 aromatic carbocycles. The highest BCUT2D eigenvalue weighted by Gasteiger charge is 2.14. The Bertz CT molecular complexity index is 1310. The Morgan fingerprint density at radius 3 is 2.43 bits per heavy atom. The molecule has 0 aliphatic heterocycles. The Balaban J connectivity index is 1.78. The van der Waals surface area contributed by atoms with E-state index in [-0.39, 0.29) is 5.56 Å². The lowest BCUT2D eigenvalue weighted by molar-refractivity contribution is 0.100. The zero-order chi connectivity index (χ0) is 21.3. The van der Waals surface area contributed by atoms with Crippen LogP contribution in [-0.2, 0) is 5.75 Å². The summed E-state index contributed by atoms with van der Waals surface area (Å²) in [5.41, 5.74) is 10.5. The average Bonchev–Trinajstić information content (AvgIpc) is 2.75. The second-order valence-corrected chi connectivity index (χ2v) is 8.11. The van der Waals surface area contributed by atoms with E-state index in [2.05, 4.69) is 0 Å². The maximum atomic E-state index is 13.3. The zero-order valence-corrected chi connectivity index (χ0v) is 17.6. The van der Waals surface area contributed by atoms with Gasteiger partial charge in [0.25, 0.3) is 5.56 Å². The highest BCUT2D eigenvalue weighted by atomic mass is 32.2. The summed E-state index contributed by atoms with van der Waals surface area (Å²) in [5, 5.41) is 1.21. The Morgan fingerprint density at radius 1 is 1.00 bits per heavy atom. The molecule has 2 N–H and O–H groups in total. The monoisotopic (exact) mass is 415 g/mol. The van der Waals surface area contributed by atoms with Gasteiger partial charge in [-0.25, -0.2) is 4.98 Å². The van der Waals surface area contributed by atoms with Crippen LogP contribution in [0.3, 0.4) is 0 Å². The molecule has 30 heavy (non-hydrogen) atoms. The molecule has 5 nitrogen and oxygen atoms in total. The van der Waals surface area contributed by atoms with Crippen molar-refractivity contribution in [2.45, 2.75) is 24.8 Å². The first-order valence-electron chi connectivity index (χ1n) is 9.55. The third kappa shape index (κ3) is 3.86. The van der Waals surface area contributed by atoms with Crippen LogP contribution in [0, 0.1) is 13.8 Å². The summed E-state index contributed by atoms with van der Waals surface area (Å²) < 4.78 is 1.68. The molecule has 1 amide bonds. The van der Waals surface area contributed by atoms with Gasteiger partial charge in [-0.3, -0.25) is 14.2 Å². The lowest BCUT2D eigenvalue weighted by atomic mass is 10.1. The highest BCUT2D eigenvalue weighted by Crippen LogP contribution is 2.25. The number of thioether (sulfide) groups is 1. The fourth-order valence-electron chi connectivity index (χ4n) is 3.21. The lowest BCUT2D eigenvalue weighted by Crippen LogP contribution is -2.22. The molecule has 0 aliphatic carbocycles. The molecule has 0 atom stereocenters. The minimum atomic E-state index is -0.450. The van der Waals surface area contributed by atoms with E-state index in [9.17, 15) is 9.59 Å². The van der Waals surface area contributed by atoms with Crippen LogP contribution in [0.5, 0.6) is 0 Å². The summed E-state index contributed by atoms with van der Waals surface area (Å²) in [6, 6.07) is 20.5. The molecule has 0 fully saturated rings. The molecule has 150 valence electrons. The second-order valence-electron chi connectivity index (χ2n) is 7.17. The van der Waals surface area contributed by atoms with Gasteiger partial charge in [0.15, 0.2) is 5.16 Å². The van der Waals surface area contributed by atoms with Crippen molar-refractivity contribution in [3.8, 4) is 5.69 Å². The van der Waals surface area contributed by atoms with Gasteiger partial charge < -0.3 is 5.73 Å². The Labute approximate surface area is 178 Å². The summed E-state index contributed by atoms with van der Waals surface area (Å²) >= 11 is 1.48. The lowest BCUT2D eigenvalue weighted by Gasteiger charge is -2.14. The van der Waals surface area contributed by atoms with Crippen molar-refractivity contribution in [3.63, 3.8) is 0 Å². The van der Waals surface area contributed by atoms with Gasteiger partial charge in [-0.15, -0.1) is 0 Å². The molecule has 0 saturated carbocycles. The maximum absolute atomic E-state index is 13.3. The molecule has 0 saturated heterocycles. The molecule has 0 radical (unpaired) electrons. The number of hydrogen-bond acceptors (Lipinski definition) is 4. The van der Waals surface area contributed by atoms with E-state index in [0.29, 0.717) is 27.4 Å². The van der Waals surface area contributed by atoms with E-state index in [1.807, 2.05) is 62.4 Å². The summed E-state index contributed by atoms with van der Waals surface area (Å²) in [4.78, 5) is 29.4. The predicted octanol–water partition coefficient (Wildman–Crippen LogP) is 4.39. The molecule has 0 unspecified atom stereocenters. The van der Waals surface area contributed by atoms with Gasteiger partial charge in [-0.1, -0.05) is 42.1 Å². The first-order chi connectivity index (χ1) is 14.4. The van der Waals surface area contributed by atoms with Crippen LogP contribution in [0.4, 0.5) is 0 Å². The summed E-state index contributed by atoms with van der Waals surface area (Å²) in [5.74, 6) is 0.156. The minimum Gasteiger partial charge on any atom is -0.366 e. The van der Waals surface area contributed by atoms with Crippen molar-refractivity contribution in [1.82, 2.24) is 9.55 Å². The molecule has 4 aromatic rings. The third-order valence-corrected chi connectivity index (χ3v) is 6.11. The van der Waals surface area contributed by atoms with Crippen LogP contribution >= 0.6 is 11.8 Å². The Morgan fingerprint density at radius 2 is 1.73 bits per heavy atom. The van der Waals surface area contributed by atoms with E-state index < -0.39 is 5.91 Å². The van der Waals surface area contributed by atoms with Crippen molar-refractivity contribution < 1.29 is 4.79 Å². The number of nitrogens with zero attached hydrogens (tertiary/aromatic N) is 2. The number of fused-ring (bicyclic) bond motifs is 1. The topological polar surface area (TPSA) is 78.0 Å². The highest BCUT2D eigenvalue weighted by molar-refractivity contribution is 7.98. The fourth-order valence-corrected chi connectivity index (χ4v) is 4.18. The zero-order valence-electron chi connectivity index (χ0n) is 16.8. The number of rotatable bonds is 5. The number of benzene rings is 3. The number of nitrogens with two attached hydrogens (primary N) is 1. The first kappa shape index (κ1) is 19.9. The van der Waals surface area contributed by atoms with E-state index in [4.69, 9.17) is 10.7 Å². The largest absolute Gasteiger partial charge is 0.366 e. The van der Waals surface area contributed by atoms with Crippen LogP contribution in [-0.4, -0.2) is 15.5 Å². The van der Waals surface area contributed by atoms with Crippen molar-refractivity contribution in [2.24, 2.45) is 5.73 Å². The fraction of sp³-hybridized carbons (Fsp3) is 0.125. The number of aryl methyl sites for hydroxylation is 2. The second kappa shape index (κ2) is 8.16. The molecule has 6 heteroatoms. The van der Waals surface area contributed by atoms with Gasteiger partial charge in [0.1, 0.15) is 0 Å². The summed E-state index contributed by atoms with van der Waals surface area (Å²) in [6.45, 7) is 4.08. The minimum absolute atomic E-state index is 0.0876. The van der Waals surface area contributed by atoms with Crippen molar-refractivity contribution in [2.75, 3.05) is 0 Å². The molecule has 0 spiro atoms. The van der Waals surface area contributed by atoms with Gasteiger partial charge >= 0.3 is 0 Å². The van der Waals surface area contributed by atoms with Crippen LogP contribution in [0.1, 0.15) is 27.0 Å². The molecule has 4 rings (SSSR count). The predicted molar refractivity (Wildman–Crippen MR) is 121 cm³/mol.